The van der Waals surface area contributed by atoms with Crippen LogP contribution in [0.3, 0.4) is 0 Å². The summed E-state index contributed by atoms with van der Waals surface area (Å²) in [7, 11) is -0.932. The number of hydrogen-bond donors (Lipinski definition) is 0. The second-order valence-electron chi connectivity index (χ2n) is 7.54. The Morgan fingerprint density at radius 3 is 2.12 bits per heavy atom. The highest BCUT2D eigenvalue weighted by molar-refractivity contribution is 7.08. The van der Waals surface area contributed by atoms with Crippen molar-refractivity contribution in [1.29, 1.82) is 0 Å². The Kier molecular flexibility index (Phi) is 6.12. The predicted molar refractivity (Wildman–Crippen MR) is 102 cm³/mol. The van der Waals surface area contributed by atoms with Crippen molar-refractivity contribution in [2.75, 3.05) is 7.11 Å². The molecule has 25 heavy (non-hydrogen) atoms. The first-order valence-electron chi connectivity index (χ1n) is 8.79. The molecule has 0 aromatic carbocycles. The Bertz CT molecular complexity index is 593. The average Bonchev–Trinajstić information content (AvgIpc) is 3.04. The highest BCUT2D eigenvalue weighted by Crippen LogP contribution is 2.48. The van der Waals surface area contributed by atoms with Gasteiger partial charge in [-0.25, -0.2) is 9.69 Å². The van der Waals surface area contributed by atoms with E-state index in [2.05, 4.69) is 41.5 Å². The SMILES string of the molecule is COC(=O)N1C(=O)[C@H](O[Si](C(C)C)(C(C)C)C(C)C)[C@@H]1c1ccsc1. The molecule has 0 bridgehead atoms. The van der Waals surface area contributed by atoms with E-state index in [0.717, 1.165) is 5.56 Å². The maximum atomic E-state index is 12.7. The third kappa shape index (κ3) is 3.29. The number of methoxy groups -OCH3 is 1. The number of amides is 2. The summed E-state index contributed by atoms with van der Waals surface area (Å²) in [5.41, 5.74) is 2.04. The van der Waals surface area contributed by atoms with E-state index < -0.39 is 26.6 Å². The van der Waals surface area contributed by atoms with Crippen LogP contribution >= 0.6 is 11.3 Å². The first-order chi connectivity index (χ1) is 11.7. The molecule has 7 heteroatoms. The molecule has 1 fully saturated rings. The van der Waals surface area contributed by atoms with Crippen LogP contribution in [0.5, 0.6) is 0 Å². The summed E-state index contributed by atoms with van der Waals surface area (Å²) >= 11 is 1.54. The minimum atomic E-state index is -2.23. The number of likely N-dealkylation sites (tertiary alicyclic amines) is 1. The zero-order chi connectivity index (χ0) is 18.9. The number of thiophene rings is 1. The quantitative estimate of drug-likeness (QED) is 0.515. The standard InChI is InChI=1S/C18H29NO4SSi/c1-11(2)25(12(3)4,13(5)6)23-16-15(14-8-9-24-10-14)19(17(16)20)18(21)22-7/h8-13,15-16H,1-7H3/t15-,16+/m0/s1. The Hall–Kier alpha value is -1.18. The Morgan fingerprint density at radius 1 is 1.16 bits per heavy atom. The zero-order valence-corrected chi connectivity index (χ0v) is 17.9. The van der Waals surface area contributed by atoms with Gasteiger partial charge in [-0.1, -0.05) is 41.5 Å². The maximum Gasteiger partial charge on any atom is 0.417 e. The van der Waals surface area contributed by atoms with E-state index in [9.17, 15) is 9.59 Å². The van der Waals surface area contributed by atoms with E-state index in [4.69, 9.17) is 9.16 Å². The molecule has 0 aliphatic carbocycles. The summed E-state index contributed by atoms with van der Waals surface area (Å²) in [6.07, 6.45) is -1.22. The summed E-state index contributed by atoms with van der Waals surface area (Å²) < 4.78 is 11.5. The molecule has 1 aliphatic heterocycles. The molecular weight excluding hydrogens is 354 g/mol. The van der Waals surface area contributed by atoms with Gasteiger partial charge in [0.25, 0.3) is 5.91 Å². The van der Waals surface area contributed by atoms with E-state index in [1.807, 2.05) is 16.8 Å². The fourth-order valence-electron chi connectivity index (χ4n) is 4.27. The number of ether oxygens (including phenoxy) is 1. The number of hydrogen-bond acceptors (Lipinski definition) is 5. The largest absolute Gasteiger partial charge is 0.452 e. The number of carbonyl (C=O) groups excluding carboxylic acids is 2. The molecule has 2 amide bonds. The van der Waals surface area contributed by atoms with Crippen molar-refractivity contribution in [1.82, 2.24) is 4.90 Å². The van der Waals surface area contributed by atoms with Gasteiger partial charge in [0.2, 0.25) is 8.32 Å². The highest BCUT2D eigenvalue weighted by atomic mass is 32.1. The lowest BCUT2D eigenvalue weighted by Crippen LogP contribution is -2.66. The normalized spacial score (nSPS) is 21.2. The van der Waals surface area contributed by atoms with Gasteiger partial charge < -0.3 is 9.16 Å². The minimum Gasteiger partial charge on any atom is -0.452 e. The molecule has 2 atom stereocenters. The average molecular weight is 384 g/mol. The Balaban J connectivity index is 2.39. The second-order valence-corrected chi connectivity index (χ2v) is 13.7. The highest BCUT2D eigenvalue weighted by Gasteiger charge is 2.58. The summed E-state index contributed by atoms with van der Waals surface area (Å²) in [5, 5.41) is 3.91. The number of nitrogens with zero attached hydrogens (tertiary/aromatic N) is 1. The molecule has 0 saturated carbocycles. The van der Waals surface area contributed by atoms with Gasteiger partial charge in [0.1, 0.15) is 6.04 Å². The lowest BCUT2D eigenvalue weighted by molar-refractivity contribution is -0.160. The molecule has 0 N–H and O–H groups in total. The smallest absolute Gasteiger partial charge is 0.417 e. The van der Waals surface area contributed by atoms with Crippen molar-refractivity contribution < 1.29 is 18.8 Å². The molecule has 1 saturated heterocycles. The molecule has 1 aliphatic rings. The molecule has 140 valence electrons. The fourth-order valence-corrected chi connectivity index (χ4v) is 10.4. The van der Waals surface area contributed by atoms with Crippen LogP contribution in [0.2, 0.25) is 16.6 Å². The van der Waals surface area contributed by atoms with Crippen molar-refractivity contribution >= 4 is 31.7 Å². The first kappa shape index (κ1) is 20.1. The van der Waals surface area contributed by atoms with Gasteiger partial charge in [-0.2, -0.15) is 11.3 Å². The van der Waals surface area contributed by atoms with Crippen LogP contribution in [0.4, 0.5) is 4.79 Å². The Morgan fingerprint density at radius 2 is 1.72 bits per heavy atom. The number of rotatable bonds is 6. The van der Waals surface area contributed by atoms with Crippen LogP contribution in [-0.4, -0.2) is 38.4 Å². The van der Waals surface area contributed by atoms with Crippen molar-refractivity contribution in [2.24, 2.45) is 0 Å². The van der Waals surface area contributed by atoms with Gasteiger partial charge in [0, 0.05) is 0 Å². The van der Waals surface area contributed by atoms with Crippen molar-refractivity contribution in [2.45, 2.75) is 70.3 Å². The maximum absolute atomic E-state index is 12.7. The summed E-state index contributed by atoms with van der Waals surface area (Å²) in [4.78, 5) is 26.0. The van der Waals surface area contributed by atoms with Gasteiger partial charge in [-0.3, -0.25) is 4.79 Å². The summed E-state index contributed by atoms with van der Waals surface area (Å²) in [6, 6.07) is 1.55. The van der Waals surface area contributed by atoms with E-state index in [-0.39, 0.29) is 5.91 Å². The van der Waals surface area contributed by atoms with Crippen LogP contribution in [0.25, 0.3) is 0 Å². The van der Waals surface area contributed by atoms with Crippen molar-refractivity contribution in [3.63, 3.8) is 0 Å². The third-order valence-electron chi connectivity index (χ3n) is 5.34. The summed E-state index contributed by atoms with van der Waals surface area (Å²) in [5.74, 6) is -0.290. The molecule has 1 aromatic rings. The zero-order valence-electron chi connectivity index (χ0n) is 16.1. The number of β-lactam (4-membered cyclic amide) rings is 1. The van der Waals surface area contributed by atoms with Gasteiger partial charge >= 0.3 is 6.09 Å². The molecular formula is C18H29NO4SSi. The molecule has 1 aromatic heterocycles. The lowest BCUT2D eigenvalue weighted by atomic mass is 9.93. The fraction of sp³-hybridized carbons (Fsp3) is 0.667. The topological polar surface area (TPSA) is 55.8 Å². The second kappa shape index (κ2) is 7.59. The first-order valence-corrected chi connectivity index (χ1v) is 11.9. The van der Waals surface area contributed by atoms with Gasteiger partial charge in [0.05, 0.1) is 7.11 Å². The predicted octanol–water partition coefficient (Wildman–Crippen LogP) is 4.96. The molecule has 0 radical (unpaired) electrons. The monoisotopic (exact) mass is 383 g/mol. The van der Waals surface area contributed by atoms with E-state index in [1.165, 1.54) is 12.0 Å². The minimum absolute atomic E-state index is 0.290. The lowest BCUT2D eigenvalue weighted by Gasteiger charge is -2.51. The van der Waals surface area contributed by atoms with Crippen LogP contribution in [-0.2, 0) is 14.0 Å². The van der Waals surface area contributed by atoms with Gasteiger partial charge in [0.15, 0.2) is 6.10 Å². The van der Waals surface area contributed by atoms with Gasteiger partial charge in [-0.15, -0.1) is 0 Å². The number of imide groups is 1. The van der Waals surface area contributed by atoms with Crippen LogP contribution in [0.1, 0.15) is 53.1 Å². The third-order valence-corrected chi connectivity index (χ3v) is 12.1. The van der Waals surface area contributed by atoms with Crippen molar-refractivity contribution in [3.8, 4) is 0 Å². The molecule has 5 nitrogen and oxygen atoms in total. The van der Waals surface area contributed by atoms with Crippen molar-refractivity contribution in [3.05, 3.63) is 22.4 Å². The van der Waals surface area contributed by atoms with Crippen LogP contribution < -0.4 is 0 Å². The van der Waals surface area contributed by atoms with Crippen LogP contribution in [0.15, 0.2) is 16.8 Å². The molecule has 0 spiro atoms. The number of carbonyl (C=O) groups is 2. The Labute approximate surface area is 155 Å². The molecule has 0 unspecified atom stereocenters. The van der Waals surface area contributed by atoms with E-state index >= 15 is 0 Å². The van der Waals surface area contributed by atoms with E-state index in [0.29, 0.717) is 16.6 Å². The molecule has 2 rings (SSSR count). The van der Waals surface area contributed by atoms with Gasteiger partial charge in [-0.05, 0) is 39.0 Å². The van der Waals surface area contributed by atoms with E-state index in [1.54, 1.807) is 11.3 Å². The summed E-state index contributed by atoms with van der Waals surface area (Å²) in [6.45, 7) is 13.1. The van der Waals surface area contributed by atoms with Crippen LogP contribution in [0, 0.1) is 0 Å². The molecule has 2 heterocycles.